The summed E-state index contributed by atoms with van der Waals surface area (Å²) in [7, 11) is 1.07. The van der Waals surface area contributed by atoms with Crippen molar-refractivity contribution in [3.05, 3.63) is 10.2 Å². The SMILES string of the molecule is CCOc1nc(Cl)c(Cl)c2nc(S(=O)(=O)Cl)nn12. The highest BCUT2D eigenvalue weighted by atomic mass is 35.7. The average Bonchev–Trinajstić information content (AvgIpc) is 2.70. The molecular formula is C7H5Cl3N4O3S. The van der Waals surface area contributed by atoms with E-state index in [-0.39, 0.29) is 28.4 Å². The van der Waals surface area contributed by atoms with Crippen LogP contribution in [-0.2, 0) is 9.05 Å². The molecule has 0 aliphatic carbocycles. The van der Waals surface area contributed by atoms with Gasteiger partial charge in [-0.1, -0.05) is 23.2 Å². The van der Waals surface area contributed by atoms with Crippen molar-refractivity contribution in [2.75, 3.05) is 6.61 Å². The van der Waals surface area contributed by atoms with Crippen molar-refractivity contribution in [1.29, 1.82) is 0 Å². The molecule has 0 unspecified atom stereocenters. The first-order valence-corrected chi connectivity index (χ1v) is 7.60. The molecule has 0 saturated heterocycles. The second kappa shape index (κ2) is 4.69. The van der Waals surface area contributed by atoms with Crippen LogP contribution in [0, 0.1) is 0 Å². The Balaban J connectivity index is 2.81. The standard InChI is InChI=1S/C7H5Cl3N4O3S/c1-2-17-7-11-4(9)3(8)5-12-6(13-14(5)7)18(10,15)16/h2H2,1H3. The Kier molecular flexibility index (Phi) is 3.54. The van der Waals surface area contributed by atoms with E-state index in [0.29, 0.717) is 0 Å². The summed E-state index contributed by atoms with van der Waals surface area (Å²) in [5.41, 5.74) is -0.000610. The van der Waals surface area contributed by atoms with E-state index < -0.39 is 14.2 Å². The van der Waals surface area contributed by atoms with Crippen LogP contribution in [-0.4, -0.2) is 34.6 Å². The van der Waals surface area contributed by atoms with Crippen LogP contribution in [0.4, 0.5) is 0 Å². The van der Waals surface area contributed by atoms with E-state index in [4.69, 9.17) is 38.6 Å². The fraction of sp³-hybridized carbons (Fsp3) is 0.286. The third-order valence-corrected chi connectivity index (χ3v) is 3.57. The summed E-state index contributed by atoms with van der Waals surface area (Å²) in [5, 5.41) is 2.95. The molecule has 2 aromatic rings. The van der Waals surface area contributed by atoms with Gasteiger partial charge in [0.25, 0.3) is 14.2 Å². The maximum atomic E-state index is 11.2. The lowest BCUT2D eigenvalue weighted by Gasteiger charge is -2.04. The summed E-state index contributed by atoms with van der Waals surface area (Å²) in [6, 6.07) is -0.0269. The third-order valence-electron chi connectivity index (χ3n) is 1.83. The maximum absolute atomic E-state index is 11.2. The van der Waals surface area contributed by atoms with Crippen LogP contribution in [0.1, 0.15) is 6.92 Å². The van der Waals surface area contributed by atoms with Crippen LogP contribution in [0.15, 0.2) is 5.16 Å². The van der Waals surface area contributed by atoms with Gasteiger partial charge in [0.2, 0.25) is 0 Å². The van der Waals surface area contributed by atoms with Crippen molar-refractivity contribution in [2.24, 2.45) is 0 Å². The highest BCUT2D eigenvalue weighted by molar-refractivity contribution is 8.13. The van der Waals surface area contributed by atoms with Gasteiger partial charge in [0, 0.05) is 10.7 Å². The Hall–Kier alpha value is -0.830. The van der Waals surface area contributed by atoms with Crippen molar-refractivity contribution in [2.45, 2.75) is 12.1 Å². The van der Waals surface area contributed by atoms with Crippen molar-refractivity contribution >= 4 is 48.6 Å². The van der Waals surface area contributed by atoms with E-state index in [1.807, 2.05) is 0 Å². The van der Waals surface area contributed by atoms with Gasteiger partial charge in [-0.15, -0.1) is 5.10 Å². The van der Waals surface area contributed by atoms with Crippen molar-refractivity contribution in [3.63, 3.8) is 0 Å². The fourth-order valence-electron chi connectivity index (χ4n) is 1.17. The first-order chi connectivity index (χ1) is 8.34. The predicted molar refractivity (Wildman–Crippen MR) is 65.0 cm³/mol. The lowest BCUT2D eigenvalue weighted by Crippen LogP contribution is -2.04. The number of hydrogen-bond acceptors (Lipinski definition) is 6. The minimum absolute atomic E-state index is 0.000610. The fourth-order valence-corrected chi connectivity index (χ4v) is 2.06. The molecule has 0 saturated carbocycles. The molecule has 0 aliphatic heterocycles. The minimum atomic E-state index is -4.08. The number of fused-ring (bicyclic) bond motifs is 1. The van der Waals surface area contributed by atoms with Crippen LogP contribution in [0.2, 0.25) is 10.2 Å². The van der Waals surface area contributed by atoms with Gasteiger partial charge in [0.05, 0.1) is 6.61 Å². The quantitative estimate of drug-likeness (QED) is 0.629. The van der Waals surface area contributed by atoms with Crippen molar-refractivity contribution < 1.29 is 13.2 Å². The Morgan fingerprint density at radius 1 is 1.33 bits per heavy atom. The maximum Gasteiger partial charge on any atom is 0.321 e. The molecule has 0 fully saturated rings. The monoisotopic (exact) mass is 330 g/mol. The lowest BCUT2D eigenvalue weighted by molar-refractivity contribution is 0.302. The Morgan fingerprint density at radius 3 is 2.56 bits per heavy atom. The molecule has 0 N–H and O–H groups in total. The van der Waals surface area contributed by atoms with Gasteiger partial charge < -0.3 is 4.74 Å². The lowest BCUT2D eigenvalue weighted by atomic mass is 10.6. The van der Waals surface area contributed by atoms with Crippen LogP contribution in [0.3, 0.4) is 0 Å². The van der Waals surface area contributed by atoms with Crippen molar-refractivity contribution in [1.82, 2.24) is 19.6 Å². The second-order valence-electron chi connectivity index (χ2n) is 3.00. The topological polar surface area (TPSA) is 86.5 Å². The number of halogens is 3. The zero-order chi connectivity index (χ0) is 13.5. The number of nitrogens with zero attached hydrogens (tertiary/aromatic N) is 4. The highest BCUT2D eigenvalue weighted by Gasteiger charge is 2.22. The molecular weight excluding hydrogens is 327 g/mol. The number of ether oxygens (including phenoxy) is 1. The van der Waals surface area contributed by atoms with Gasteiger partial charge >= 0.3 is 6.01 Å². The molecule has 0 aromatic carbocycles. The van der Waals surface area contributed by atoms with E-state index in [1.54, 1.807) is 6.92 Å². The van der Waals surface area contributed by atoms with E-state index in [1.165, 1.54) is 0 Å². The zero-order valence-electron chi connectivity index (χ0n) is 8.76. The van der Waals surface area contributed by atoms with E-state index in [0.717, 1.165) is 4.52 Å². The molecule has 11 heteroatoms. The first kappa shape index (κ1) is 13.6. The van der Waals surface area contributed by atoms with Crippen LogP contribution < -0.4 is 4.74 Å². The van der Waals surface area contributed by atoms with Crippen LogP contribution >= 0.6 is 33.9 Å². The minimum Gasteiger partial charge on any atom is -0.464 e. The molecule has 0 radical (unpaired) electrons. The van der Waals surface area contributed by atoms with Crippen LogP contribution in [0.25, 0.3) is 5.65 Å². The molecule has 0 amide bonds. The van der Waals surface area contributed by atoms with Gasteiger partial charge in [0.1, 0.15) is 5.02 Å². The Morgan fingerprint density at radius 2 is 2.00 bits per heavy atom. The predicted octanol–water partition coefficient (Wildman–Crippen LogP) is 1.76. The second-order valence-corrected chi connectivity index (χ2v) is 6.20. The number of rotatable bonds is 3. The Labute approximate surface area is 116 Å². The van der Waals surface area contributed by atoms with E-state index in [2.05, 4.69) is 15.1 Å². The molecule has 2 heterocycles. The van der Waals surface area contributed by atoms with Gasteiger partial charge in [-0.2, -0.15) is 14.5 Å². The molecule has 2 rings (SSSR count). The molecule has 7 nitrogen and oxygen atoms in total. The average molecular weight is 332 g/mol. The van der Waals surface area contributed by atoms with Gasteiger partial charge in [-0.25, -0.2) is 8.42 Å². The third kappa shape index (κ3) is 2.33. The normalized spacial score (nSPS) is 12.0. The van der Waals surface area contributed by atoms with Gasteiger partial charge in [-0.3, -0.25) is 0 Å². The summed E-state index contributed by atoms with van der Waals surface area (Å²) in [6.45, 7) is 2.00. The summed E-state index contributed by atoms with van der Waals surface area (Å²) in [5.74, 6) is 0. The highest BCUT2D eigenvalue weighted by Crippen LogP contribution is 2.28. The molecule has 18 heavy (non-hydrogen) atoms. The number of aromatic nitrogens is 4. The summed E-state index contributed by atoms with van der Waals surface area (Å²) < 4.78 is 28.5. The Bertz CT molecular complexity index is 714. The summed E-state index contributed by atoms with van der Waals surface area (Å²) in [6.07, 6.45) is 0. The smallest absolute Gasteiger partial charge is 0.321 e. The molecule has 0 spiro atoms. The zero-order valence-corrected chi connectivity index (χ0v) is 11.8. The summed E-state index contributed by atoms with van der Waals surface area (Å²) in [4.78, 5) is 7.50. The van der Waals surface area contributed by atoms with Gasteiger partial charge in [-0.05, 0) is 6.92 Å². The van der Waals surface area contributed by atoms with Gasteiger partial charge in [0.15, 0.2) is 10.8 Å². The van der Waals surface area contributed by atoms with Crippen molar-refractivity contribution in [3.8, 4) is 6.01 Å². The molecule has 2 aromatic heterocycles. The van der Waals surface area contributed by atoms with E-state index >= 15 is 0 Å². The number of hydrogen-bond donors (Lipinski definition) is 0. The molecule has 0 bridgehead atoms. The molecule has 0 aliphatic rings. The molecule has 0 atom stereocenters. The summed E-state index contributed by atoms with van der Waals surface area (Å²) >= 11 is 11.6. The van der Waals surface area contributed by atoms with Crippen LogP contribution in [0.5, 0.6) is 6.01 Å². The molecule has 98 valence electrons. The van der Waals surface area contributed by atoms with E-state index in [9.17, 15) is 8.42 Å². The first-order valence-electron chi connectivity index (χ1n) is 4.53. The largest absolute Gasteiger partial charge is 0.464 e.